The topological polar surface area (TPSA) is 24.9 Å². The summed E-state index contributed by atoms with van der Waals surface area (Å²) in [5, 5.41) is 5.58. The lowest BCUT2D eigenvalue weighted by Gasteiger charge is -2.22. The van der Waals surface area contributed by atoms with Crippen molar-refractivity contribution in [1.29, 1.82) is 0 Å². The molecule has 1 unspecified atom stereocenters. The first kappa shape index (κ1) is 15.0. The molecule has 0 amide bonds. The van der Waals surface area contributed by atoms with Crippen LogP contribution in [0.5, 0.6) is 0 Å². The summed E-state index contributed by atoms with van der Waals surface area (Å²) in [5.74, 6) is 0. The lowest BCUT2D eigenvalue weighted by Crippen LogP contribution is -2.24. The average Bonchev–Trinajstić information content (AvgIpc) is 2.92. The number of nitrogens with zero attached hydrogens (tertiary/aromatic N) is 1. The number of hydrogen-bond acceptors (Lipinski definition) is 3. The van der Waals surface area contributed by atoms with Gasteiger partial charge in [-0.1, -0.05) is 30.7 Å². The Morgan fingerprint density at radius 2 is 2.29 bits per heavy atom. The Balaban J connectivity index is 1.91. The van der Waals surface area contributed by atoms with Crippen molar-refractivity contribution in [3.8, 4) is 10.6 Å². The minimum absolute atomic E-state index is 0.487. The van der Waals surface area contributed by atoms with Gasteiger partial charge < -0.3 is 5.32 Å². The maximum atomic E-state index is 6.25. The van der Waals surface area contributed by atoms with Gasteiger partial charge in [0, 0.05) is 21.5 Å². The summed E-state index contributed by atoms with van der Waals surface area (Å²) < 4.78 is 0. The van der Waals surface area contributed by atoms with Crippen molar-refractivity contribution in [3.05, 3.63) is 39.4 Å². The van der Waals surface area contributed by atoms with Crippen molar-refractivity contribution < 1.29 is 0 Å². The quantitative estimate of drug-likeness (QED) is 0.842. The van der Waals surface area contributed by atoms with E-state index in [9.17, 15) is 0 Å². The van der Waals surface area contributed by atoms with Gasteiger partial charge >= 0.3 is 0 Å². The summed E-state index contributed by atoms with van der Waals surface area (Å²) in [6, 6.07) is 6.72. The first-order valence-corrected chi connectivity index (χ1v) is 8.88. The largest absolute Gasteiger partial charge is 0.309 e. The molecule has 0 spiro atoms. The predicted octanol–water partition coefficient (Wildman–Crippen LogP) is 5.15. The van der Waals surface area contributed by atoms with Gasteiger partial charge in [-0.05, 0) is 50.8 Å². The molecule has 4 heteroatoms. The van der Waals surface area contributed by atoms with E-state index in [1.165, 1.54) is 29.8 Å². The van der Waals surface area contributed by atoms with E-state index < -0.39 is 0 Å². The van der Waals surface area contributed by atoms with E-state index in [4.69, 9.17) is 16.6 Å². The van der Waals surface area contributed by atoms with Crippen LogP contribution in [-0.2, 0) is 6.42 Å². The first-order valence-electron chi connectivity index (χ1n) is 7.68. The highest BCUT2D eigenvalue weighted by Gasteiger charge is 2.24. The molecule has 2 nitrogen and oxygen atoms in total. The monoisotopic (exact) mass is 320 g/mol. The summed E-state index contributed by atoms with van der Waals surface area (Å²) in [6.45, 7) is 5.32. The third-order valence-corrected chi connectivity index (χ3v) is 5.68. The average molecular weight is 321 g/mol. The van der Waals surface area contributed by atoms with E-state index >= 15 is 0 Å². The summed E-state index contributed by atoms with van der Waals surface area (Å²) in [5.41, 5.74) is 3.54. The fourth-order valence-electron chi connectivity index (χ4n) is 2.78. The Labute approximate surface area is 135 Å². The lowest BCUT2D eigenvalue weighted by molar-refractivity contribution is 0.465. The molecule has 0 aliphatic heterocycles. The van der Waals surface area contributed by atoms with Gasteiger partial charge in [0.25, 0.3) is 0 Å². The van der Waals surface area contributed by atoms with Crippen LogP contribution < -0.4 is 5.32 Å². The molecule has 0 saturated heterocycles. The van der Waals surface area contributed by atoms with Crippen LogP contribution >= 0.6 is 22.9 Å². The van der Waals surface area contributed by atoms with Crippen molar-refractivity contribution in [2.24, 2.45) is 0 Å². The van der Waals surface area contributed by atoms with Gasteiger partial charge in [-0.25, -0.2) is 4.98 Å². The number of aryl methyl sites for hydroxylation is 2. The Hall–Kier alpha value is -0.900. The second-order valence-corrected chi connectivity index (χ2v) is 7.13. The van der Waals surface area contributed by atoms with E-state index in [0.29, 0.717) is 6.04 Å². The fraction of sp³-hybridized carbons (Fsp3) is 0.471. The van der Waals surface area contributed by atoms with Crippen LogP contribution in [-0.4, -0.2) is 11.5 Å². The van der Waals surface area contributed by atoms with Crippen LogP contribution in [0.1, 0.15) is 48.4 Å². The SMILES string of the molecule is CCCNC1CCCc2nc(-c3ccc(C)c(Cl)c3)sc21. The van der Waals surface area contributed by atoms with Gasteiger partial charge in [0.1, 0.15) is 5.01 Å². The van der Waals surface area contributed by atoms with Gasteiger partial charge in [0.15, 0.2) is 0 Å². The lowest BCUT2D eigenvalue weighted by atomic mass is 9.98. The van der Waals surface area contributed by atoms with Crippen molar-refractivity contribution in [2.75, 3.05) is 6.54 Å². The Kier molecular flexibility index (Phi) is 4.63. The van der Waals surface area contributed by atoms with Crippen molar-refractivity contribution in [1.82, 2.24) is 10.3 Å². The second-order valence-electron chi connectivity index (χ2n) is 5.69. The normalized spacial score (nSPS) is 17.8. The molecule has 0 radical (unpaired) electrons. The molecule has 1 aromatic heterocycles. The smallest absolute Gasteiger partial charge is 0.123 e. The molecule has 1 aromatic carbocycles. The van der Waals surface area contributed by atoms with Crippen LogP contribution in [0.3, 0.4) is 0 Å². The summed E-state index contributed by atoms with van der Waals surface area (Å²) in [6.07, 6.45) is 4.73. The van der Waals surface area contributed by atoms with E-state index in [2.05, 4.69) is 24.4 Å². The van der Waals surface area contributed by atoms with E-state index in [-0.39, 0.29) is 0 Å². The maximum Gasteiger partial charge on any atom is 0.123 e. The molecule has 3 rings (SSSR count). The molecule has 1 aliphatic carbocycles. The second kappa shape index (κ2) is 6.47. The van der Waals surface area contributed by atoms with Gasteiger partial charge in [0.05, 0.1) is 5.69 Å². The maximum absolute atomic E-state index is 6.25. The minimum Gasteiger partial charge on any atom is -0.309 e. The predicted molar refractivity (Wildman–Crippen MR) is 91.3 cm³/mol. The van der Waals surface area contributed by atoms with E-state index in [1.807, 2.05) is 24.3 Å². The van der Waals surface area contributed by atoms with Gasteiger partial charge in [-0.2, -0.15) is 0 Å². The fourth-order valence-corrected chi connectivity index (χ4v) is 4.18. The Morgan fingerprint density at radius 1 is 1.43 bits per heavy atom. The highest BCUT2D eigenvalue weighted by molar-refractivity contribution is 7.15. The minimum atomic E-state index is 0.487. The van der Waals surface area contributed by atoms with Crippen molar-refractivity contribution in [3.63, 3.8) is 0 Å². The number of aromatic nitrogens is 1. The number of nitrogens with one attached hydrogen (secondary N) is 1. The molecule has 112 valence electrons. The molecule has 1 atom stereocenters. The van der Waals surface area contributed by atoms with Gasteiger partial charge in [-0.3, -0.25) is 0 Å². The zero-order chi connectivity index (χ0) is 14.8. The van der Waals surface area contributed by atoms with E-state index in [1.54, 1.807) is 0 Å². The van der Waals surface area contributed by atoms with Crippen molar-refractivity contribution >= 4 is 22.9 Å². The third-order valence-electron chi connectivity index (χ3n) is 4.01. The van der Waals surface area contributed by atoms with Crippen molar-refractivity contribution in [2.45, 2.75) is 45.6 Å². The molecular weight excluding hydrogens is 300 g/mol. The zero-order valence-electron chi connectivity index (χ0n) is 12.6. The molecule has 0 bridgehead atoms. The van der Waals surface area contributed by atoms with Crippen LogP contribution in [0.25, 0.3) is 10.6 Å². The van der Waals surface area contributed by atoms with Gasteiger partial charge in [0.2, 0.25) is 0 Å². The molecule has 21 heavy (non-hydrogen) atoms. The molecule has 1 aliphatic rings. The molecule has 0 saturated carbocycles. The number of benzene rings is 1. The summed E-state index contributed by atoms with van der Waals surface area (Å²) in [4.78, 5) is 6.30. The number of fused-ring (bicyclic) bond motifs is 1. The van der Waals surface area contributed by atoms with Gasteiger partial charge in [-0.15, -0.1) is 11.3 Å². The van der Waals surface area contributed by atoms with E-state index in [0.717, 1.165) is 34.1 Å². The first-order chi connectivity index (χ1) is 10.2. The molecule has 2 aromatic rings. The summed E-state index contributed by atoms with van der Waals surface area (Å²) >= 11 is 8.08. The molecule has 0 fully saturated rings. The Bertz CT molecular complexity index is 636. The molecule has 1 N–H and O–H groups in total. The molecular formula is C17H21ClN2S. The highest BCUT2D eigenvalue weighted by atomic mass is 35.5. The standard InChI is InChI=1S/C17H21ClN2S/c1-3-9-19-14-5-4-6-15-16(14)21-17(20-15)12-8-7-11(2)13(18)10-12/h7-8,10,14,19H,3-6,9H2,1-2H3. The summed E-state index contributed by atoms with van der Waals surface area (Å²) in [7, 11) is 0. The molecule has 1 heterocycles. The number of thiazole rings is 1. The number of halogens is 1. The van der Waals surface area contributed by atoms with Crippen LogP contribution in [0.15, 0.2) is 18.2 Å². The van der Waals surface area contributed by atoms with Crippen LogP contribution in [0.4, 0.5) is 0 Å². The zero-order valence-corrected chi connectivity index (χ0v) is 14.2. The highest BCUT2D eigenvalue weighted by Crippen LogP contribution is 2.38. The van der Waals surface area contributed by atoms with Crippen LogP contribution in [0, 0.1) is 6.92 Å². The Morgan fingerprint density at radius 3 is 3.05 bits per heavy atom. The third kappa shape index (κ3) is 3.15. The van der Waals surface area contributed by atoms with Crippen LogP contribution in [0.2, 0.25) is 5.02 Å². The number of rotatable bonds is 4. The number of hydrogen-bond donors (Lipinski definition) is 1.